The van der Waals surface area contributed by atoms with E-state index in [9.17, 15) is 4.79 Å². The van der Waals surface area contributed by atoms with Crippen LogP contribution in [0.15, 0.2) is 16.8 Å². The van der Waals surface area contributed by atoms with Crippen LogP contribution in [0, 0.1) is 5.92 Å². The van der Waals surface area contributed by atoms with Gasteiger partial charge in [-0.2, -0.15) is 0 Å². The molecule has 7 nitrogen and oxygen atoms in total. The molecule has 1 aliphatic heterocycles. The van der Waals surface area contributed by atoms with E-state index in [1.54, 1.807) is 0 Å². The number of rotatable bonds is 2. The lowest BCUT2D eigenvalue weighted by molar-refractivity contribution is -0.128. The SMILES string of the molecule is CC1Cc2c(-c3ccnc(N4CCCNC[C@@H]4C)n3)noc2C2(CCCCC2=O)C1. The lowest BCUT2D eigenvalue weighted by Crippen LogP contribution is -2.43. The summed E-state index contributed by atoms with van der Waals surface area (Å²) in [4.78, 5) is 24.8. The first kappa shape index (κ1) is 19.7. The largest absolute Gasteiger partial charge is 0.359 e. The highest BCUT2D eigenvalue weighted by molar-refractivity contribution is 5.91. The summed E-state index contributed by atoms with van der Waals surface area (Å²) in [6.45, 7) is 7.32. The third-order valence-electron chi connectivity index (χ3n) is 7.13. The van der Waals surface area contributed by atoms with Crippen LogP contribution in [0.4, 0.5) is 5.95 Å². The number of Topliss-reactive ketones (excluding diaryl/α,β-unsaturated/α-hetero) is 1. The van der Waals surface area contributed by atoms with E-state index in [1.807, 2.05) is 12.3 Å². The quantitative estimate of drug-likeness (QED) is 0.815. The van der Waals surface area contributed by atoms with E-state index in [-0.39, 0.29) is 0 Å². The summed E-state index contributed by atoms with van der Waals surface area (Å²) < 4.78 is 5.93. The van der Waals surface area contributed by atoms with Crippen LogP contribution in [0.3, 0.4) is 0 Å². The van der Waals surface area contributed by atoms with Gasteiger partial charge in [0.1, 0.15) is 11.5 Å². The molecule has 0 radical (unpaired) electrons. The molecule has 5 rings (SSSR count). The molecule has 2 aromatic rings. The van der Waals surface area contributed by atoms with Gasteiger partial charge in [0.15, 0.2) is 5.76 Å². The zero-order valence-electron chi connectivity index (χ0n) is 18.0. The Balaban J connectivity index is 1.54. The smallest absolute Gasteiger partial charge is 0.226 e. The van der Waals surface area contributed by atoms with Gasteiger partial charge in [-0.15, -0.1) is 0 Å². The summed E-state index contributed by atoms with van der Waals surface area (Å²) in [6.07, 6.45) is 8.24. The maximum Gasteiger partial charge on any atom is 0.226 e. The number of ketones is 1. The summed E-state index contributed by atoms with van der Waals surface area (Å²) in [5, 5.41) is 7.93. The van der Waals surface area contributed by atoms with Crippen LogP contribution < -0.4 is 10.2 Å². The molecule has 30 heavy (non-hydrogen) atoms. The molecule has 2 unspecified atom stereocenters. The minimum absolute atomic E-state index is 0.331. The normalized spacial score (nSPS) is 29.7. The van der Waals surface area contributed by atoms with Gasteiger partial charge in [0.25, 0.3) is 0 Å². The Kier molecular flexibility index (Phi) is 5.09. The molecule has 7 heteroatoms. The average Bonchev–Trinajstić information content (AvgIpc) is 3.05. The van der Waals surface area contributed by atoms with Gasteiger partial charge in [-0.05, 0) is 57.6 Å². The van der Waals surface area contributed by atoms with Gasteiger partial charge in [-0.1, -0.05) is 18.5 Å². The second kappa shape index (κ2) is 7.76. The maximum atomic E-state index is 13.0. The number of fused-ring (bicyclic) bond motifs is 2. The standard InChI is InChI=1S/C23H31N5O2/c1-15-12-17-20(27-30-21(17)23(13-15)8-4-3-6-19(23)29)18-7-10-25-22(26-18)28-11-5-9-24-14-16(28)2/h7,10,15-16,24H,3-6,8-9,11-14H2,1-2H3/t15?,16-,23?/m0/s1. The maximum absolute atomic E-state index is 13.0. The molecule has 3 heterocycles. The van der Waals surface area contributed by atoms with Crippen molar-refractivity contribution >= 4 is 11.7 Å². The first-order valence-electron chi connectivity index (χ1n) is 11.4. The van der Waals surface area contributed by atoms with Crippen molar-refractivity contribution in [3.63, 3.8) is 0 Å². The Bertz CT molecular complexity index is 941. The molecule has 0 aromatic carbocycles. The molecule has 0 amide bonds. The highest BCUT2D eigenvalue weighted by Gasteiger charge is 2.50. The number of anilines is 1. The van der Waals surface area contributed by atoms with Crippen molar-refractivity contribution in [2.75, 3.05) is 24.5 Å². The molecule has 1 saturated heterocycles. The van der Waals surface area contributed by atoms with Crippen molar-refractivity contribution in [3.8, 4) is 11.4 Å². The summed E-state index contributed by atoms with van der Waals surface area (Å²) >= 11 is 0. The Labute approximate surface area is 177 Å². The molecule has 1 N–H and O–H groups in total. The predicted molar refractivity (Wildman–Crippen MR) is 114 cm³/mol. The number of carbonyl (C=O) groups is 1. The molecule has 2 aromatic heterocycles. The summed E-state index contributed by atoms with van der Waals surface area (Å²) in [5.41, 5.74) is 2.19. The highest BCUT2D eigenvalue weighted by atomic mass is 16.5. The molecule has 2 aliphatic carbocycles. The first-order chi connectivity index (χ1) is 14.6. The monoisotopic (exact) mass is 409 g/mol. The number of aromatic nitrogens is 3. The fraction of sp³-hybridized carbons (Fsp3) is 0.652. The molecular weight excluding hydrogens is 378 g/mol. The van der Waals surface area contributed by atoms with Crippen LogP contribution in [0.1, 0.15) is 63.7 Å². The first-order valence-corrected chi connectivity index (χ1v) is 11.4. The van der Waals surface area contributed by atoms with Crippen molar-refractivity contribution in [3.05, 3.63) is 23.6 Å². The van der Waals surface area contributed by atoms with Crippen LogP contribution in [0.5, 0.6) is 0 Å². The average molecular weight is 410 g/mol. The van der Waals surface area contributed by atoms with Crippen molar-refractivity contribution in [2.24, 2.45) is 5.92 Å². The Morgan fingerprint density at radius 3 is 3.03 bits per heavy atom. The third kappa shape index (κ3) is 3.23. The number of hydrogen-bond acceptors (Lipinski definition) is 7. The van der Waals surface area contributed by atoms with Gasteiger partial charge in [0, 0.05) is 37.3 Å². The van der Waals surface area contributed by atoms with Crippen LogP contribution in [-0.4, -0.2) is 46.6 Å². The van der Waals surface area contributed by atoms with Crippen LogP contribution in [-0.2, 0) is 16.6 Å². The predicted octanol–water partition coefficient (Wildman–Crippen LogP) is 3.28. The Hall–Kier alpha value is -2.28. The third-order valence-corrected chi connectivity index (χ3v) is 7.13. The van der Waals surface area contributed by atoms with Crippen LogP contribution in [0.2, 0.25) is 0 Å². The summed E-state index contributed by atoms with van der Waals surface area (Å²) in [7, 11) is 0. The number of carbonyl (C=O) groups excluding carboxylic acids is 1. The minimum Gasteiger partial charge on any atom is -0.359 e. The van der Waals surface area contributed by atoms with E-state index in [2.05, 4.69) is 34.2 Å². The second-order valence-electron chi connectivity index (χ2n) is 9.41. The highest BCUT2D eigenvalue weighted by Crippen LogP contribution is 2.49. The zero-order valence-corrected chi connectivity index (χ0v) is 18.0. The van der Waals surface area contributed by atoms with Crippen molar-refractivity contribution < 1.29 is 9.32 Å². The van der Waals surface area contributed by atoms with Crippen molar-refractivity contribution in [2.45, 2.75) is 70.3 Å². The Morgan fingerprint density at radius 1 is 1.27 bits per heavy atom. The van der Waals surface area contributed by atoms with Gasteiger partial charge < -0.3 is 14.7 Å². The number of nitrogens with zero attached hydrogens (tertiary/aromatic N) is 4. The van der Waals surface area contributed by atoms with Crippen molar-refractivity contribution in [1.82, 2.24) is 20.4 Å². The molecule has 160 valence electrons. The van der Waals surface area contributed by atoms with Gasteiger partial charge in [0.2, 0.25) is 5.95 Å². The van der Waals surface area contributed by atoms with E-state index >= 15 is 0 Å². The molecule has 2 fully saturated rings. The number of hydrogen-bond donors (Lipinski definition) is 1. The van der Waals surface area contributed by atoms with E-state index in [0.717, 1.165) is 86.8 Å². The molecule has 3 aliphatic rings. The van der Waals surface area contributed by atoms with E-state index in [4.69, 9.17) is 9.51 Å². The zero-order chi connectivity index (χ0) is 20.7. The van der Waals surface area contributed by atoms with Gasteiger partial charge in [-0.3, -0.25) is 4.79 Å². The van der Waals surface area contributed by atoms with Crippen LogP contribution in [0.25, 0.3) is 11.4 Å². The fourth-order valence-corrected chi connectivity index (χ4v) is 5.66. The van der Waals surface area contributed by atoms with Gasteiger partial charge in [-0.25, -0.2) is 9.97 Å². The molecular formula is C23H31N5O2. The molecule has 1 saturated carbocycles. The lowest BCUT2D eigenvalue weighted by atomic mass is 9.62. The van der Waals surface area contributed by atoms with E-state index < -0.39 is 5.41 Å². The lowest BCUT2D eigenvalue weighted by Gasteiger charge is -2.39. The van der Waals surface area contributed by atoms with Gasteiger partial charge >= 0.3 is 0 Å². The van der Waals surface area contributed by atoms with E-state index in [0.29, 0.717) is 24.2 Å². The Morgan fingerprint density at radius 2 is 2.17 bits per heavy atom. The van der Waals surface area contributed by atoms with E-state index in [1.165, 1.54) is 0 Å². The summed E-state index contributed by atoms with van der Waals surface area (Å²) in [6, 6.07) is 2.24. The number of nitrogens with one attached hydrogen (secondary N) is 1. The topological polar surface area (TPSA) is 84.2 Å². The van der Waals surface area contributed by atoms with Gasteiger partial charge in [0.05, 0.1) is 11.1 Å². The summed E-state index contributed by atoms with van der Waals surface area (Å²) in [5.74, 6) is 2.31. The molecule has 3 atom stereocenters. The van der Waals surface area contributed by atoms with Crippen molar-refractivity contribution in [1.29, 1.82) is 0 Å². The second-order valence-corrected chi connectivity index (χ2v) is 9.41. The van der Waals surface area contributed by atoms with Crippen LogP contribution >= 0.6 is 0 Å². The molecule has 1 spiro atoms. The fourth-order valence-electron chi connectivity index (χ4n) is 5.66. The molecule has 0 bridgehead atoms. The minimum atomic E-state index is -0.475.